The Kier molecular flexibility index (Phi) is 9.87. The summed E-state index contributed by atoms with van der Waals surface area (Å²) < 4.78 is 85.3. The molecular weight excluding hydrogens is 588 g/mol. The Morgan fingerprint density at radius 1 is 1.00 bits per heavy atom. The van der Waals surface area contributed by atoms with Gasteiger partial charge < -0.3 is 14.7 Å². The van der Waals surface area contributed by atoms with Gasteiger partial charge in [0.15, 0.2) is 29.0 Å². The van der Waals surface area contributed by atoms with Crippen molar-refractivity contribution < 1.29 is 55.0 Å². The maximum Gasteiger partial charge on any atom is 0.304 e. The molecular formula is C24H21ClF4N2O8S. The first-order valence-electron chi connectivity index (χ1n) is 11.5. The molecule has 10 nitrogen and oxygen atoms in total. The summed E-state index contributed by atoms with van der Waals surface area (Å²) in [5.41, 5.74) is 0. The van der Waals surface area contributed by atoms with Gasteiger partial charge in [-0.25, -0.2) is 17.2 Å². The van der Waals surface area contributed by atoms with Crippen LogP contribution in [0, 0.1) is 29.2 Å². The highest BCUT2D eigenvalue weighted by Gasteiger charge is 2.34. The number of rotatable bonds is 12. The fourth-order valence-electron chi connectivity index (χ4n) is 3.82. The summed E-state index contributed by atoms with van der Waals surface area (Å²) in [6, 6.07) is 5.21. The Labute approximate surface area is 230 Å². The highest BCUT2D eigenvalue weighted by molar-refractivity contribution is 7.89. The van der Waals surface area contributed by atoms with E-state index >= 15 is 0 Å². The van der Waals surface area contributed by atoms with Crippen molar-refractivity contribution in [2.24, 2.45) is 5.92 Å². The Bertz CT molecular complexity index is 1410. The lowest BCUT2D eigenvalue weighted by Crippen LogP contribution is -2.53. The van der Waals surface area contributed by atoms with Crippen LogP contribution in [0.5, 0.6) is 5.75 Å². The fourth-order valence-corrected chi connectivity index (χ4v) is 5.32. The number of hydrogen-bond acceptors (Lipinski definition) is 7. The van der Waals surface area contributed by atoms with E-state index in [9.17, 15) is 45.2 Å². The molecule has 1 N–H and O–H groups in total. The molecule has 0 aliphatic carbocycles. The van der Waals surface area contributed by atoms with Crippen LogP contribution >= 0.6 is 11.6 Å². The third-order valence-electron chi connectivity index (χ3n) is 5.88. The van der Waals surface area contributed by atoms with Crippen LogP contribution in [-0.4, -0.2) is 79.0 Å². The molecule has 216 valence electrons. The number of aliphatic carboxylic acids is 1. The lowest BCUT2D eigenvalue weighted by molar-refractivity contribution is -0.143. The molecule has 1 heterocycles. The van der Waals surface area contributed by atoms with Crippen molar-refractivity contribution in [1.29, 1.82) is 0 Å². The molecule has 40 heavy (non-hydrogen) atoms. The lowest BCUT2D eigenvalue weighted by Gasteiger charge is -2.33. The molecule has 1 atom stereocenters. The molecule has 1 fully saturated rings. The number of sulfonamides is 1. The summed E-state index contributed by atoms with van der Waals surface area (Å²) in [4.78, 5) is 49.9. The number of carboxylic acids is 1. The van der Waals surface area contributed by atoms with E-state index < -0.39 is 101 Å². The molecule has 1 aliphatic rings. The Hall–Kier alpha value is -3.56. The molecule has 2 aromatic carbocycles. The topological polar surface area (TPSA) is 138 Å². The van der Waals surface area contributed by atoms with Gasteiger partial charge in [-0.1, -0.05) is 11.6 Å². The zero-order valence-electron chi connectivity index (χ0n) is 20.4. The average molecular weight is 609 g/mol. The summed E-state index contributed by atoms with van der Waals surface area (Å²) in [7, 11) is -4.03. The minimum absolute atomic E-state index is 0.0700. The molecule has 1 amide bonds. The molecule has 0 saturated carbocycles. The van der Waals surface area contributed by atoms with Crippen molar-refractivity contribution in [3.63, 3.8) is 0 Å². The first kappa shape index (κ1) is 31.0. The fraction of sp³-hybridized carbons (Fsp3) is 0.333. The minimum atomic E-state index is -4.03. The predicted molar refractivity (Wildman–Crippen MR) is 129 cm³/mol. The number of carboxylic acid groups (broad SMARTS) is 1. The van der Waals surface area contributed by atoms with Gasteiger partial charge in [-0.15, -0.1) is 0 Å². The first-order chi connectivity index (χ1) is 18.7. The van der Waals surface area contributed by atoms with Gasteiger partial charge in [0, 0.05) is 36.5 Å². The van der Waals surface area contributed by atoms with Crippen LogP contribution in [0.1, 0.15) is 12.8 Å². The van der Waals surface area contributed by atoms with E-state index in [1.54, 1.807) is 0 Å². The highest BCUT2D eigenvalue weighted by Crippen LogP contribution is 2.27. The van der Waals surface area contributed by atoms with Gasteiger partial charge in [-0.2, -0.15) is 13.1 Å². The maximum atomic E-state index is 13.8. The molecule has 1 saturated heterocycles. The summed E-state index contributed by atoms with van der Waals surface area (Å²) in [6.07, 6.45) is -1.61. The lowest BCUT2D eigenvalue weighted by atomic mass is 9.94. The minimum Gasteiger partial charge on any atom is -0.481 e. The van der Waals surface area contributed by atoms with Gasteiger partial charge in [0.25, 0.3) is 0 Å². The quantitative estimate of drug-likeness (QED) is 0.286. The Morgan fingerprint density at radius 3 is 2.15 bits per heavy atom. The number of carbonyl (C=O) groups excluding carboxylic acids is 3. The summed E-state index contributed by atoms with van der Waals surface area (Å²) in [6.45, 7) is -2.69. The van der Waals surface area contributed by atoms with E-state index in [2.05, 4.69) is 4.74 Å². The van der Waals surface area contributed by atoms with Crippen LogP contribution in [0.15, 0.2) is 35.2 Å². The van der Waals surface area contributed by atoms with Crippen LogP contribution in [-0.2, 0) is 29.2 Å². The standard InChI is InChI=1S/C24H21ClF4N2O8S/c25-14-1-3-16(4-2-14)40(37,38)31-6-5-30(20(34)11-31)10-15(32)7-13(8-21(35)36)19(33)12-39-24-22(28)17(26)9-18(27)23(24)29/h1-4,9,13H,5-8,10-12H2,(H,35,36)/t13-/m0/s1. The normalized spacial score (nSPS) is 15.1. The SMILES string of the molecule is O=C(O)C[C@H](CC(=O)CN1CCN(S(=O)(=O)c2ccc(Cl)cc2)CC1=O)C(=O)COc1c(F)c(F)cc(F)c1F. The van der Waals surface area contributed by atoms with E-state index in [0.717, 1.165) is 9.21 Å². The number of benzene rings is 2. The monoisotopic (exact) mass is 608 g/mol. The molecule has 0 unspecified atom stereocenters. The van der Waals surface area contributed by atoms with Gasteiger partial charge >= 0.3 is 5.97 Å². The number of hydrogen-bond donors (Lipinski definition) is 1. The second-order valence-electron chi connectivity index (χ2n) is 8.70. The molecule has 0 radical (unpaired) electrons. The number of piperazine rings is 1. The number of ketones is 2. The van der Waals surface area contributed by atoms with Crippen LogP contribution in [0.2, 0.25) is 5.02 Å². The maximum absolute atomic E-state index is 13.8. The smallest absolute Gasteiger partial charge is 0.304 e. The predicted octanol–water partition coefficient (Wildman–Crippen LogP) is 2.43. The first-order valence-corrected chi connectivity index (χ1v) is 13.3. The van der Waals surface area contributed by atoms with Gasteiger partial charge in [-0.3, -0.25) is 19.2 Å². The number of amides is 1. The number of halogens is 5. The third-order valence-corrected chi connectivity index (χ3v) is 7.99. The van der Waals surface area contributed by atoms with E-state index in [4.69, 9.17) is 16.7 Å². The average Bonchev–Trinajstić information content (AvgIpc) is 2.88. The van der Waals surface area contributed by atoms with Crippen molar-refractivity contribution in [2.75, 3.05) is 32.8 Å². The Morgan fingerprint density at radius 2 is 1.60 bits per heavy atom. The zero-order valence-corrected chi connectivity index (χ0v) is 22.0. The highest BCUT2D eigenvalue weighted by atomic mass is 35.5. The number of nitrogens with zero attached hydrogens (tertiary/aromatic N) is 2. The zero-order chi connectivity index (χ0) is 29.8. The summed E-state index contributed by atoms with van der Waals surface area (Å²) in [5, 5.41) is 9.42. The molecule has 2 aromatic rings. The van der Waals surface area contributed by atoms with Crippen LogP contribution in [0.25, 0.3) is 0 Å². The number of Topliss-reactive ketones (excluding diaryl/α,β-unsaturated/α-hetero) is 2. The van der Waals surface area contributed by atoms with Crippen LogP contribution in [0.3, 0.4) is 0 Å². The van der Waals surface area contributed by atoms with Crippen molar-refractivity contribution in [1.82, 2.24) is 9.21 Å². The molecule has 1 aliphatic heterocycles. The van der Waals surface area contributed by atoms with Crippen LogP contribution in [0.4, 0.5) is 17.6 Å². The van der Waals surface area contributed by atoms with E-state index in [1.807, 2.05) is 0 Å². The van der Waals surface area contributed by atoms with Gasteiger partial charge in [0.05, 0.1) is 24.4 Å². The summed E-state index contributed by atoms with van der Waals surface area (Å²) in [5.74, 6) is -14.6. The largest absolute Gasteiger partial charge is 0.481 e. The van der Waals surface area contributed by atoms with Crippen molar-refractivity contribution in [3.8, 4) is 5.75 Å². The van der Waals surface area contributed by atoms with Crippen LogP contribution < -0.4 is 4.74 Å². The number of carbonyl (C=O) groups is 4. The van der Waals surface area contributed by atoms with Crippen molar-refractivity contribution in [2.45, 2.75) is 17.7 Å². The van der Waals surface area contributed by atoms with E-state index in [-0.39, 0.29) is 24.1 Å². The molecule has 16 heteroatoms. The van der Waals surface area contributed by atoms with Crippen molar-refractivity contribution in [3.05, 3.63) is 58.6 Å². The molecule has 0 aromatic heterocycles. The second-order valence-corrected chi connectivity index (χ2v) is 11.1. The van der Waals surface area contributed by atoms with E-state index in [1.165, 1.54) is 24.3 Å². The van der Waals surface area contributed by atoms with Crippen molar-refractivity contribution >= 4 is 45.1 Å². The Balaban J connectivity index is 1.61. The molecule has 0 bridgehead atoms. The molecule has 3 rings (SSSR count). The van der Waals surface area contributed by atoms with E-state index in [0.29, 0.717) is 5.02 Å². The second kappa shape index (κ2) is 12.7. The third kappa shape index (κ3) is 7.34. The molecule has 0 spiro atoms. The van der Waals surface area contributed by atoms with Gasteiger partial charge in [0.1, 0.15) is 6.61 Å². The summed E-state index contributed by atoms with van der Waals surface area (Å²) >= 11 is 5.77. The number of ether oxygens (including phenoxy) is 1. The van der Waals surface area contributed by atoms with Gasteiger partial charge in [-0.05, 0) is 24.3 Å². The van der Waals surface area contributed by atoms with Gasteiger partial charge in [0.2, 0.25) is 27.6 Å².